The molecule has 1 aromatic heterocycles. The van der Waals surface area contributed by atoms with Gasteiger partial charge < -0.3 is 25.0 Å². The molecule has 0 spiro atoms. The molecule has 1 aliphatic rings. The number of nitrogens with zero attached hydrogens (tertiary/aromatic N) is 3. The number of likely N-dealkylation sites (N-methyl/N-ethyl adjacent to an activating group) is 1. The molecule has 1 aromatic carbocycles. The first-order valence-corrected chi connectivity index (χ1v) is 8.99. The maximum Gasteiger partial charge on any atom is 0.449 e. The fourth-order valence-corrected chi connectivity index (χ4v) is 3.64. The first-order valence-electron chi connectivity index (χ1n) is 8.99. The molecular weight excluding hydrogens is 377 g/mol. The third-order valence-electron chi connectivity index (χ3n) is 5.12. The van der Waals surface area contributed by atoms with Crippen molar-refractivity contribution in [2.45, 2.75) is 6.18 Å². The number of hydrogen-bond donors (Lipinski definition) is 3. The average molecular weight is 400 g/mol. The number of aromatic amines is 1. The summed E-state index contributed by atoms with van der Waals surface area (Å²) in [7, 11) is 1.86. The van der Waals surface area contributed by atoms with Gasteiger partial charge in [0.05, 0.1) is 17.6 Å². The highest BCUT2D eigenvalue weighted by atomic mass is 19.4. The van der Waals surface area contributed by atoms with Gasteiger partial charge in [0, 0.05) is 44.3 Å². The quantitative estimate of drug-likeness (QED) is 0.677. The number of imidazole rings is 1. The topological polar surface area (TPSA) is 92.7 Å². The second-order valence-electron chi connectivity index (χ2n) is 7.21. The molecule has 3 rings (SSSR count). The number of nitrogens with one attached hydrogen (secondary N) is 1. The molecular formula is C18H23F3N4O3. The smallest absolute Gasteiger partial charge is 0.396 e. The Balaban J connectivity index is 1.76. The van der Waals surface area contributed by atoms with Gasteiger partial charge in [-0.05, 0) is 31.2 Å². The summed E-state index contributed by atoms with van der Waals surface area (Å²) in [5, 5.41) is 18.7. The highest BCUT2D eigenvalue weighted by Crippen LogP contribution is 2.30. The molecule has 2 atom stereocenters. The van der Waals surface area contributed by atoms with E-state index in [4.69, 9.17) is 5.11 Å². The van der Waals surface area contributed by atoms with Crippen LogP contribution in [0.15, 0.2) is 18.2 Å². The van der Waals surface area contributed by atoms with Crippen LogP contribution in [0.2, 0.25) is 0 Å². The second kappa shape index (κ2) is 8.06. The zero-order chi connectivity index (χ0) is 20.5. The molecule has 0 aliphatic carbocycles. The minimum absolute atomic E-state index is 0.0275. The number of aliphatic hydroxyl groups is 2. The molecule has 1 saturated heterocycles. The molecule has 154 valence electrons. The Bertz CT molecular complexity index is 839. The molecule has 7 nitrogen and oxygen atoms in total. The maximum atomic E-state index is 12.8. The van der Waals surface area contributed by atoms with Gasteiger partial charge in [0.15, 0.2) is 0 Å². The van der Waals surface area contributed by atoms with E-state index in [1.807, 2.05) is 11.9 Å². The lowest BCUT2D eigenvalue weighted by Crippen LogP contribution is -2.33. The van der Waals surface area contributed by atoms with Gasteiger partial charge in [-0.15, -0.1) is 0 Å². The van der Waals surface area contributed by atoms with E-state index in [0.29, 0.717) is 26.2 Å². The summed E-state index contributed by atoms with van der Waals surface area (Å²) in [5.74, 6) is -1.42. The van der Waals surface area contributed by atoms with E-state index in [-0.39, 0.29) is 47.6 Å². The molecule has 1 aliphatic heterocycles. The Morgan fingerprint density at radius 3 is 2.68 bits per heavy atom. The van der Waals surface area contributed by atoms with Crippen LogP contribution in [0, 0.1) is 11.8 Å². The number of alkyl halides is 3. The normalized spacial score (nSPS) is 20.5. The Morgan fingerprint density at radius 2 is 2.04 bits per heavy atom. The zero-order valence-corrected chi connectivity index (χ0v) is 15.4. The van der Waals surface area contributed by atoms with Crippen molar-refractivity contribution in [2.75, 3.05) is 46.4 Å². The molecule has 0 bridgehead atoms. The summed E-state index contributed by atoms with van der Waals surface area (Å²) in [5.41, 5.74) is 0.559. The largest absolute Gasteiger partial charge is 0.449 e. The third kappa shape index (κ3) is 4.29. The van der Waals surface area contributed by atoms with E-state index < -0.39 is 12.0 Å². The number of carbonyl (C=O) groups is 1. The summed E-state index contributed by atoms with van der Waals surface area (Å²) < 4.78 is 38.4. The van der Waals surface area contributed by atoms with Crippen LogP contribution < -0.4 is 0 Å². The van der Waals surface area contributed by atoms with Crippen LogP contribution in [0.5, 0.6) is 0 Å². The van der Waals surface area contributed by atoms with Crippen LogP contribution >= 0.6 is 0 Å². The summed E-state index contributed by atoms with van der Waals surface area (Å²) in [6.45, 7) is 1.91. The predicted molar refractivity (Wildman–Crippen MR) is 95.6 cm³/mol. The van der Waals surface area contributed by atoms with Gasteiger partial charge in [0.2, 0.25) is 5.82 Å². The van der Waals surface area contributed by atoms with Crippen LogP contribution in [0.3, 0.4) is 0 Å². The minimum Gasteiger partial charge on any atom is -0.396 e. The van der Waals surface area contributed by atoms with E-state index in [0.717, 1.165) is 0 Å². The van der Waals surface area contributed by atoms with E-state index in [2.05, 4.69) is 9.97 Å². The number of halogens is 3. The summed E-state index contributed by atoms with van der Waals surface area (Å²) in [4.78, 5) is 22.1. The number of H-pyrrole nitrogens is 1. The van der Waals surface area contributed by atoms with E-state index >= 15 is 0 Å². The van der Waals surface area contributed by atoms with Crippen molar-refractivity contribution in [3.05, 3.63) is 29.6 Å². The van der Waals surface area contributed by atoms with Gasteiger partial charge in [0.1, 0.15) is 0 Å². The maximum absolute atomic E-state index is 12.8. The monoisotopic (exact) mass is 400 g/mol. The number of carbonyl (C=O) groups excluding carboxylic acids is 1. The van der Waals surface area contributed by atoms with Gasteiger partial charge >= 0.3 is 6.18 Å². The number of amides is 1. The van der Waals surface area contributed by atoms with Crippen molar-refractivity contribution < 1.29 is 28.2 Å². The van der Waals surface area contributed by atoms with Crippen LogP contribution in [-0.4, -0.2) is 82.3 Å². The van der Waals surface area contributed by atoms with E-state index in [1.165, 1.54) is 18.2 Å². The van der Waals surface area contributed by atoms with Crippen molar-refractivity contribution in [2.24, 2.45) is 11.8 Å². The van der Waals surface area contributed by atoms with Gasteiger partial charge in [0.25, 0.3) is 5.91 Å². The Morgan fingerprint density at radius 1 is 1.32 bits per heavy atom. The molecule has 3 N–H and O–H groups in total. The molecule has 1 amide bonds. The SMILES string of the molecule is CN(CCO)C[C@@H]1CN(C(=O)c2ccc3nc(C(F)(F)F)[nH]c3c2)C[C@@H]1CO. The van der Waals surface area contributed by atoms with Crippen LogP contribution in [0.1, 0.15) is 16.2 Å². The number of fused-ring (bicyclic) bond motifs is 1. The zero-order valence-electron chi connectivity index (χ0n) is 15.4. The summed E-state index contributed by atoms with van der Waals surface area (Å²) in [6.07, 6.45) is -4.58. The lowest BCUT2D eigenvalue weighted by molar-refractivity contribution is -0.144. The van der Waals surface area contributed by atoms with Gasteiger partial charge in [-0.2, -0.15) is 13.2 Å². The van der Waals surface area contributed by atoms with Crippen LogP contribution in [0.25, 0.3) is 11.0 Å². The van der Waals surface area contributed by atoms with Crippen molar-refractivity contribution in [3.8, 4) is 0 Å². The lowest BCUT2D eigenvalue weighted by Gasteiger charge is -2.23. The van der Waals surface area contributed by atoms with Gasteiger partial charge in [-0.25, -0.2) is 4.98 Å². The van der Waals surface area contributed by atoms with Gasteiger partial charge in [-0.3, -0.25) is 4.79 Å². The number of likely N-dealkylation sites (tertiary alicyclic amines) is 1. The van der Waals surface area contributed by atoms with Crippen LogP contribution in [-0.2, 0) is 6.18 Å². The highest BCUT2D eigenvalue weighted by molar-refractivity contribution is 5.97. The molecule has 0 radical (unpaired) electrons. The fraction of sp³-hybridized carbons (Fsp3) is 0.556. The summed E-state index contributed by atoms with van der Waals surface area (Å²) in [6, 6.07) is 4.23. The van der Waals surface area contributed by atoms with Crippen molar-refractivity contribution >= 4 is 16.9 Å². The Hall–Kier alpha value is -2.17. The standard InChI is InChI=1S/C18H23F3N4O3/c1-24(4-5-26)7-12-8-25(9-13(12)10-27)16(28)11-2-3-14-15(6-11)23-17(22-14)18(19,20)21/h2-3,6,12-13,26-27H,4-5,7-10H2,1H3,(H,22,23)/t12-,13-/m1/s1. The fourth-order valence-electron chi connectivity index (χ4n) is 3.64. The first kappa shape index (κ1) is 20.6. The van der Waals surface area contributed by atoms with E-state index in [9.17, 15) is 23.1 Å². The number of rotatable bonds is 6. The van der Waals surface area contributed by atoms with Crippen molar-refractivity contribution in [3.63, 3.8) is 0 Å². The Kier molecular flexibility index (Phi) is 5.92. The number of hydrogen-bond acceptors (Lipinski definition) is 5. The van der Waals surface area contributed by atoms with E-state index in [1.54, 1.807) is 4.90 Å². The predicted octanol–water partition coefficient (Wildman–Crippen LogP) is 1.19. The first-order chi connectivity index (χ1) is 13.2. The molecule has 28 heavy (non-hydrogen) atoms. The van der Waals surface area contributed by atoms with Crippen molar-refractivity contribution in [1.82, 2.24) is 19.8 Å². The minimum atomic E-state index is -4.58. The van der Waals surface area contributed by atoms with Crippen molar-refractivity contribution in [1.29, 1.82) is 0 Å². The summed E-state index contributed by atoms with van der Waals surface area (Å²) >= 11 is 0. The molecule has 1 fully saturated rings. The Labute approximate surface area is 159 Å². The average Bonchev–Trinajstić information content (AvgIpc) is 3.24. The molecule has 10 heteroatoms. The highest BCUT2D eigenvalue weighted by Gasteiger charge is 2.36. The molecule has 2 aromatic rings. The number of aliphatic hydroxyl groups excluding tert-OH is 2. The van der Waals surface area contributed by atoms with Gasteiger partial charge in [-0.1, -0.05) is 0 Å². The number of aromatic nitrogens is 2. The molecule has 0 saturated carbocycles. The lowest BCUT2D eigenvalue weighted by atomic mass is 9.96. The second-order valence-corrected chi connectivity index (χ2v) is 7.21. The van der Waals surface area contributed by atoms with Crippen LogP contribution in [0.4, 0.5) is 13.2 Å². The molecule has 2 heterocycles. The number of benzene rings is 1. The third-order valence-corrected chi connectivity index (χ3v) is 5.12. The molecule has 0 unspecified atom stereocenters.